The van der Waals surface area contributed by atoms with E-state index in [2.05, 4.69) is 0 Å². The molecule has 3 nitrogen and oxygen atoms in total. The average molecular weight is 156 g/mol. The molecule has 0 radical (unpaired) electrons. The summed E-state index contributed by atoms with van der Waals surface area (Å²) in [4.78, 5) is 1.97. The quantitative estimate of drug-likeness (QED) is 0.486. The number of hydrogen-bond donors (Lipinski definition) is 1. The molecule has 64 valence electrons. The van der Waals surface area contributed by atoms with E-state index in [4.69, 9.17) is 10.1 Å². The van der Waals surface area contributed by atoms with E-state index < -0.39 is 0 Å². The number of methoxy groups -OCH3 is 1. The average Bonchev–Trinajstić information content (AvgIpc) is 2.81. The Morgan fingerprint density at radius 2 is 2.27 bits per heavy atom. The lowest BCUT2D eigenvalue weighted by Gasteiger charge is -2.18. The molecule has 0 aliphatic heterocycles. The first-order valence-electron chi connectivity index (χ1n) is 4.04. The summed E-state index contributed by atoms with van der Waals surface area (Å²) in [6.45, 7) is 1.55. The fraction of sp³-hybridized carbons (Fsp3) is 0.875. The lowest BCUT2D eigenvalue weighted by atomic mass is 10.3. The van der Waals surface area contributed by atoms with Gasteiger partial charge in [0.2, 0.25) is 0 Å². The van der Waals surface area contributed by atoms with Crippen LogP contribution in [0.25, 0.3) is 0 Å². The maximum absolute atomic E-state index is 7.66. The van der Waals surface area contributed by atoms with Gasteiger partial charge >= 0.3 is 0 Å². The molecule has 0 atom stereocenters. The minimum absolute atomic E-state index is 0.553. The fourth-order valence-corrected chi connectivity index (χ4v) is 1.02. The largest absolute Gasteiger partial charge is 0.383 e. The van der Waals surface area contributed by atoms with Gasteiger partial charge in [0.15, 0.2) is 0 Å². The summed E-state index contributed by atoms with van der Waals surface area (Å²) in [5.74, 6) is 1.33. The predicted octanol–water partition coefficient (Wildman–Crippen LogP) is 0.952. The van der Waals surface area contributed by atoms with Crippen molar-refractivity contribution in [1.29, 1.82) is 5.41 Å². The van der Waals surface area contributed by atoms with Gasteiger partial charge in [-0.25, -0.2) is 0 Å². The molecule has 1 fully saturated rings. The van der Waals surface area contributed by atoms with Gasteiger partial charge in [0.05, 0.1) is 12.4 Å². The van der Waals surface area contributed by atoms with Gasteiger partial charge in [-0.15, -0.1) is 0 Å². The Labute approximate surface area is 67.8 Å². The van der Waals surface area contributed by atoms with Gasteiger partial charge in [-0.1, -0.05) is 0 Å². The molecular formula is C8H16N2O. The second-order valence-electron chi connectivity index (χ2n) is 3.07. The molecule has 0 bridgehead atoms. The molecule has 11 heavy (non-hydrogen) atoms. The molecule has 1 aliphatic carbocycles. The monoisotopic (exact) mass is 156 g/mol. The van der Waals surface area contributed by atoms with Crippen molar-refractivity contribution in [2.24, 2.45) is 5.92 Å². The third-order valence-corrected chi connectivity index (χ3v) is 2.01. The number of nitrogens with zero attached hydrogens (tertiary/aromatic N) is 1. The summed E-state index contributed by atoms with van der Waals surface area (Å²) >= 11 is 0. The Balaban J connectivity index is 2.16. The molecular weight excluding hydrogens is 140 g/mol. The van der Waals surface area contributed by atoms with Gasteiger partial charge in [0.25, 0.3) is 0 Å². The van der Waals surface area contributed by atoms with Crippen LogP contribution in [-0.2, 0) is 4.74 Å². The second-order valence-corrected chi connectivity index (χ2v) is 3.07. The van der Waals surface area contributed by atoms with Gasteiger partial charge in [-0.2, -0.15) is 0 Å². The summed E-state index contributed by atoms with van der Waals surface area (Å²) in [7, 11) is 3.65. The molecule has 0 aromatic carbocycles. The SMILES string of the molecule is COCCN(C)C(=N)C1CC1. The Morgan fingerprint density at radius 1 is 1.64 bits per heavy atom. The smallest absolute Gasteiger partial charge is 0.0987 e. The van der Waals surface area contributed by atoms with Gasteiger partial charge in [0.1, 0.15) is 0 Å². The van der Waals surface area contributed by atoms with Crippen LogP contribution in [0.4, 0.5) is 0 Å². The van der Waals surface area contributed by atoms with Gasteiger partial charge in [-0.05, 0) is 12.8 Å². The van der Waals surface area contributed by atoms with Crippen molar-refractivity contribution in [2.75, 3.05) is 27.3 Å². The molecule has 3 heteroatoms. The molecule has 0 amide bonds. The maximum Gasteiger partial charge on any atom is 0.0987 e. The lowest BCUT2D eigenvalue weighted by molar-refractivity contribution is 0.182. The molecule has 1 saturated carbocycles. The van der Waals surface area contributed by atoms with E-state index in [1.807, 2.05) is 11.9 Å². The van der Waals surface area contributed by atoms with Crippen molar-refractivity contribution in [3.8, 4) is 0 Å². The molecule has 1 rings (SSSR count). The van der Waals surface area contributed by atoms with E-state index in [0.29, 0.717) is 12.5 Å². The second kappa shape index (κ2) is 3.72. The van der Waals surface area contributed by atoms with E-state index in [-0.39, 0.29) is 0 Å². The Hall–Kier alpha value is -0.570. The van der Waals surface area contributed by atoms with Crippen molar-refractivity contribution in [1.82, 2.24) is 4.90 Å². The van der Waals surface area contributed by atoms with Crippen molar-refractivity contribution >= 4 is 5.84 Å². The third-order valence-electron chi connectivity index (χ3n) is 2.01. The number of ether oxygens (including phenoxy) is 1. The minimum Gasteiger partial charge on any atom is -0.383 e. The molecule has 1 N–H and O–H groups in total. The molecule has 0 saturated heterocycles. The van der Waals surface area contributed by atoms with E-state index >= 15 is 0 Å². The number of likely N-dealkylation sites (N-methyl/N-ethyl adjacent to an activating group) is 1. The first-order valence-corrected chi connectivity index (χ1v) is 4.04. The van der Waals surface area contributed by atoms with Crippen LogP contribution in [0, 0.1) is 11.3 Å². The first-order chi connectivity index (χ1) is 5.25. The van der Waals surface area contributed by atoms with Crippen LogP contribution in [0.2, 0.25) is 0 Å². The highest BCUT2D eigenvalue weighted by Gasteiger charge is 2.28. The van der Waals surface area contributed by atoms with Crippen LogP contribution in [0.3, 0.4) is 0 Å². The summed E-state index contributed by atoms with van der Waals surface area (Å²) in [5, 5.41) is 7.66. The van der Waals surface area contributed by atoms with Gasteiger partial charge < -0.3 is 9.64 Å². The zero-order valence-corrected chi connectivity index (χ0v) is 7.26. The topological polar surface area (TPSA) is 36.3 Å². The molecule has 1 aliphatic rings. The summed E-state index contributed by atoms with van der Waals surface area (Å²) in [5.41, 5.74) is 0. The summed E-state index contributed by atoms with van der Waals surface area (Å²) in [6.07, 6.45) is 2.41. The van der Waals surface area contributed by atoms with E-state index in [9.17, 15) is 0 Å². The highest BCUT2D eigenvalue weighted by Crippen LogP contribution is 2.30. The van der Waals surface area contributed by atoms with E-state index in [0.717, 1.165) is 12.4 Å². The molecule has 0 spiro atoms. The number of amidine groups is 1. The number of rotatable bonds is 4. The normalized spacial score (nSPS) is 16.5. The van der Waals surface area contributed by atoms with Crippen LogP contribution in [0.15, 0.2) is 0 Å². The third kappa shape index (κ3) is 2.50. The maximum atomic E-state index is 7.66. The van der Waals surface area contributed by atoms with E-state index in [1.165, 1.54) is 12.8 Å². The summed E-state index contributed by atoms with van der Waals surface area (Å²) in [6, 6.07) is 0. The van der Waals surface area contributed by atoms with E-state index in [1.54, 1.807) is 7.11 Å². The Bertz CT molecular complexity index is 143. The first kappa shape index (κ1) is 8.53. The van der Waals surface area contributed by atoms with Crippen molar-refractivity contribution in [3.63, 3.8) is 0 Å². The van der Waals surface area contributed by atoms with Crippen LogP contribution >= 0.6 is 0 Å². The molecule has 0 unspecified atom stereocenters. The zero-order chi connectivity index (χ0) is 8.27. The Morgan fingerprint density at radius 3 is 2.73 bits per heavy atom. The highest BCUT2D eigenvalue weighted by molar-refractivity contribution is 5.83. The number of hydrogen-bond acceptors (Lipinski definition) is 2. The highest BCUT2D eigenvalue weighted by atomic mass is 16.5. The predicted molar refractivity (Wildman–Crippen MR) is 45.0 cm³/mol. The minimum atomic E-state index is 0.553. The standard InChI is InChI=1S/C8H16N2O/c1-10(5-6-11-2)8(9)7-3-4-7/h7,9H,3-6H2,1-2H3. The van der Waals surface area contributed by atoms with Gasteiger partial charge in [-0.3, -0.25) is 5.41 Å². The van der Waals surface area contributed by atoms with Crippen LogP contribution in [0.1, 0.15) is 12.8 Å². The summed E-state index contributed by atoms with van der Waals surface area (Å²) < 4.78 is 4.92. The molecule has 0 aromatic heterocycles. The van der Waals surface area contributed by atoms with Crippen LogP contribution in [0.5, 0.6) is 0 Å². The van der Waals surface area contributed by atoms with Crippen LogP contribution in [-0.4, -0.2) is 38.0 Å². The van der Waals surface area contributed by atoms with Crippen molar-refractivity contribution in [3.05, 3.63) is 0 Å². The number of nitrogens with one attached hydrogen (secondary N) is 1. The lowest BCUT2D eigenvalue weighted by Crippen LogP contribution is -2.30. The fourth-order valence-electron chi connectivity index (χ4n) is 1.02. The van der Waals surface area contributed by atoms with Gasteiger partial charge in [0, 0.05) is 26.6 Å². The Kier molecular flexibility index (Phi) is 2.88. The van der Waals surface area contributed by atoms with Crippen LogP contribution < -0.4 is 0 Å². The molecule has 0 heterocycles. The molecule has 0 aromatic rings. The van der Waals surface area contributed by atoms with Crippen molar-refractivity contribution < 1.29 is 4.74 Å². The van der Waals surface area contributed by atoms with Crippen molar-refractivity contribution in [2.45, 2.75) is 12.8 Å². The zero-order valence-electron chi connectivity index (χ0n) is 7.26.